The fourth-order valence-corrected chi connectivity index (χ4v) is 0.993. The molecule has 1 heterocycles. The smallest absolute Gasteiger partial charge is 0.280 e. The number of aromatic amines is 1. The Labute approximate surface area is 65.4 Å². The van der Waals surface area contributed by atoms with Crippen LogP contribution >= 0.6 is 0 Å². The van der Waals surface area contributed by atoms with Crippen molar-refractivity contribution in [3.05, 3.63) is 22.2 Å². The van der Waals surface area contributed by atoms with Gasteiger partial charge in [-0.15, -0.1) is 0 Å². The molecule has 0 aromatic carbocycles. The molecule has 0 radical (unpaired) electrons. The highest BCUT2D eigenvalue weighted by Gasteiger charge is 1.97. The summed E-state index contributed by atoms with van der Waals surface area (Å²) in [6, 6.07) is 1.51. The van der Waals surface area contributed by atoms with E-state index in [1.165, 1.54) is 18.9 Å². The van der Waals surface area contributed by atoms with Gasteiger partial charge >= 0.3 is 0 Å². The summed E-state index contributed by atoms with van der Waals surface area (Å²) in [7, 11) is 0. The van der Waals surface area contributed by atoms with E-state index < -0.39 is 0 Å². The zero-order valence-electron chi connectivity index (χ0n) is 6.72. The lowest BCUT2D eigenvalue weighted by Gasteiger charge is -1.91. The number of hydrogen-bond acceptors (Lipinski definition) is 2. The second-order valence-corrected chi connectivity index (χ2v) is 2.64. The minimum Gasteiger partial charge on any atom is -0.384 e. The van der Waals surface area contributed by atoms with Gasteiger partial charge in [-0.05, 0) is 6.42 Å². The maximum absolute atomic E-state index is 10.6. The number of nitrogens with one attached hydrogen (secondary N) is 1. The Morgan fingerprint density at radius 1 is 1.55 bits per heavy atom. The minimum atomic E-state index is -0.142. The number of rotatable bonds is 4. The summed E-state index contributed by atoms with van der Waals surface area (Å²) in [5, 5.41) is 2.26. The first-order valence-corrected chi connectivity index (χ1v) is 4.00. The predicted molar refractivity (Wildman–Crippen MR) is 42.6 cm³/mol. The molecule has 0 fully saturated rings. The maximum atomic E-state index is 10.6. The van der Waals surface area contributed by atoms with Crippen LogP contribution in [0.4, 0.5) is 0 Å². The van der Waals surface area contributed by atoms with Gasteiger partial charge in [0.15, 0.2) is 0 Å². The molecule has 1 N–H and O–H groups in total. The lowest BCUT2D eigenvalue weighted by molar-refractivity contribution is 0.374. The lowest BCUT2D eigenvalue weighted by Crippen LogP contribution is -1.92. The van der Waals surface area contributed by atoms with E-state index >= 15 is 0 Å². The highest BCUT2D eigenvalue weighted by Crippen LogP contribution is 2.02. The molecule has 0 bridgehead atoms. The number of unbranched alkanes of at least 4 members (excludes halogenated alkanes) is 2. The van der Waals surface area contributed by atoms with E-state index in [-0.39, 0.29) is 5.56 Å². The molecule has 0 saturated heterocycles. The van der Waals surface area contributed by atoms with E-state index in [1.807, 2.05) is 0 Å². The van der Waals surface area contributed by atoms with Crippen molar-refractivity contribution in [1.29, 1.82) is 0 Å². The van der Waals surface area contributed by atoms with Crippen LogP contribution in [0.3, 0.4) is 0 Å². The summed E-state index contributed by atoms with van der Waals surface area (Å²) < 4.78 is 4.87. The van der Waals surface area contributed by atoms with Gasteiger partial charge in [0.05, 0.1) is 0 Å². The van der Waals surface area contributed by atoms with E-state index in [0.717, 1.165) is 18.6 Å². The Morgan fingerprint density at radius 2 is 2.36 bits per heavy atom. The molecule has 1 aromatic heterocycles. The van der Waals surface area contributed by atoms with Gasteiger partial charge in [0.1, 0.15) is 5.76 Å². The van der Waals surface area contributed by atoms with E-state index in [1.54, 1.807) is 0 Å². The maximum Gasteiger partial charge on any atom is 0.280 e. The first-order chi connectivity index (χ1) is 5.33. The third kappa shape index (κ3) is 2.62. The molecule has 0 amide bonds. The lowest BCUT2D eigenvalue weighted by atomic mass is 10.2. The van der Waals surface area contributed by atoms with Crippen LogP contribution in [0.5, 0.6) is 0 Å². The summed E-state index contributed by atoms with van der Waals surface area (Å²) in [6.45, 7) is 2.15. The zero-order valence-corrected chi connectivity index (χ0v) is 6.72. The van der Waals surface area contributed by atoms with Crippen LogP contribution in [-0.2, 0) is 6.42 Å². The third-order valence-electron chi connectivity index (χ3n) is 1.60. The largest absolute Gasteiger partial charge is 0.384 e. The van der Waals surface area contributed by atoms with Crippen molar-refractivity contribution in [1.82, 2.24) is 5.16 Å². The first-order valence-electron chi connectivity index (χ1n) is 4.00. The number of H-pyrrole nitrogens is 1. The summed E-state index contributed by atoms with van der Waals surface area (Å²) in [6.07, 6.45) is 4.34. The standard InChI is InChI=1S/C8H13NO2/c1-2-3-4-5-7-6-8(10)9-11-7/h6H,2-5H2,1H3,(H,9,10). The molecular weight excluding hydrogens is 142 g/mol. The van der Waals surface area contributed by atoms with E-state index in [0.29, 0.717) is 0 Å². The molecule has 11 heavy (non-hydrogen) atoms. The quantitative estimate of drug-likeness (QED) is 0.672. The van der Waals surface area contributed by atoms with Crippen molar-refractivity contribution >= 4 is 0 Å². The van der Waals surface area contributed by atoms with Crippen molar-refractivity contribution in [2.75, 3.05) is 0 Å². The monoisotopic (exact) mass is 155 g/mol. The molecule has 0 saturated carbocycles. The number of aromatic nitrogens is 1. The minimum absolute atomic E-state index is 0.142. The molecule has 1 rings (SSSR count). The molecule has 3 nitrogen and oxygen atoms in total. The summed E-state index contributed by atoms with van der Waals surface area (Å²) in [5.74, 6) is 0.767. The average molecular weight is 155 g/mol. The first kappa shape index (κ1) is 8.11. The zero-order chi connectivity index (χ0) is 8.10. The van der Waals surface area contributed by atoms with Gasteiger partial charge in [-0.3, -0.25) is 4.79 Å². The average Bonchev–Trinajstić information content (AvgIpc) is 2.37. The fraction of sp³-hybridized carbons (Fsp3) is 0.625. The van der Waals surface area contributed by atoms with Crippen LogP contribution in [0.2, 0.25) is 0 Å². The van der Waals surface area contributed by atoms with Crippen LogP contribution in [0.25, 0.3) is 0 Å². The van der Waals surface area contributed by atoms with Gasteiger partial charge in [0.2, 0.25) is 0 Å². The number of aryl methyl sites for hydroxylation is 1. The second-order valence-electron chi connectivity index (χ2n) is 2.64. The van der Waals surface area contributed by atoms with Crippen molar-refractivity contribution in [2.24, 2.45) is 0 Å². The van der Waals surface area contributed by atoms with Crippen molar-refractivity contribution < 1.29 is 4.52 Å². The van der Waals surface area contributed by atoms with E-state index in [2.05, 4.69) is 12.1 Å². The van der Waals surface area contributed by atoms with Gasteiger partial charge in [-0.2, -0.15) is 5.16 Å². The Kier molecular flexibility index (Phi) is 2.95. The Hall–Kier alpha value is -0.990. The van der Waals surface area contributed by atoms with E-state index in [9.17, 15) is 4.79 Å². The molecule has 0 spiro atoms. The normalized spacial score (nSPS) is 10.3. The summed E-state index contributed by atoms with van der Waals surface area (Å²) in [4.78, 5) is 10.6. The van der Waals surface area contributed by atoms with Crippen LogP contribution in [-0.4, -0.2) is 5.16 Å². The topological polar surface area (TPSA) is 46.0 Å². The Morgan fingerprint density at radius 3 is 2.91 bits per heavy atom. The molecule has 0 aliphatic heterocycles. The summed E-state index contributed by atoms with van der Waals surface area (Å²) in [5.41, 5.74) is -0.142. The molecule has 62 valence electrons. The van der Waals surface area contributed by atoms with Gasteiger partial charge in [-0.1, -0.05) is 19.8 Å². The van der Waals surface area contributed by atoms with Gasteiger partial charge in [0, 0.05) is 12.5 Å². The predicted octanol–water partition coefficient (Wildman–Crippen LogP) is 1.70. The van der Waals surface area contributed by atoms with Crippen molar-refractivity contribution in [2.45, 2.75) is 32.6 Å². The molecular formula is C8H13NO2. The van der Waals surface area contributed by atoms with Crippen molar-refractivity contribution in [3.63, 3.8) is 0 Å². The summed E-state index contributed by atoms with van der Waals surface area (Å²) >= 11 is 0. The Balaban J connectivity index is 2.33. The molecule has 3 heteroatoms. The molecule has 0 aliphatic rings. The second kappa shape index (κ2) is 4.01. The highest BCUT2D eigenvalue weighted by atomic mass is 16.5. The highest BCUT2D eigenvalue weighted by molar-refractivity contribution is 4.93. The third-order valence-corrected chi connectivity index (χ3v) is 1.60. The van der Waals surface area contributed by atoms with Crippen LogP contribution in [0.15, 0.2) is 15.4 Å². The van der Waals surface area contributed by atoms with Crippen LogP contribution < -0.4 is 5.56 Å². The molecule has 0 atom stereocenters. The number of hydrogen-bond donors (Lipinski definition) is 1. The Bertz CT molecular complexity index is 249. The van der Waals surface area contributed by atoms with Gasteiger partial charge in [-0.25, -0.2) is 0 Å². The van der Waals surface area contributed by atoms with Gasteiger partial charge < -0.3 is 4.52 Å². The fourth-order valence-electron chi connectivity index (χ4n) is 0.993. The molecule has 0 aliphatic carbocycles. The SMILES string of the molecule is CCCCCc1cc(=O)[nH]o1. The van der Waals surface area contributed by atoms with E-state index in [4.69, 9.17) is 4.52 Å². The van der Waals surface area contributed by atoms with Crippen LogP contribution in [0, 0.1) is 0 Å². The molecule has 0 unspecified atom stereocenters. The molecule has 1 aromatic rings. The van der Waals surface area contributed by atoms with Crippen molar-refractivity contribution in [3.8, 4) is 0 Å². The van der Waals surface area contributed by atoms with Crippen LogP contribution in [0.1, 0.15) is 31.9 Å². The van der Waals surface area contributed by atoms with Gasteiger partial charge in [0.25, 0.3) is 5.56 Å².